The van der Waals surface area contributed by atoms with Gasteiger partial charge in [-0.2, -0.15) is 0 Å². The van der Waals surface area contributed by atoms with Crippen LogP contribution in [0.4, 0.5) is 5.69 Å². The molecule has 27 heavy (non-hydrogen) atoms. The molecule has 5 nitrogen and oxygen atoms in total. The van der Waals surface area contributed by atoms with E-state index in [1.807, 2.05) is 35.4 Å². The van der Waals surface area contributed by atoms with Crippen molar-refractivity contribution >= 4 is 62.0 Å². The number of thiophene rings is 2. The Kier molecular flexibility index (Phi) is 5.74. The van der Waals surface area contributed by atoms with Crippen LogP contribution in [0.25, 0.3) is 9.40 Å². The first-order chi connectivity index (χ1) is 12.5. The topological polar surface area (TPSA) is 66.6 Å². The minimum absolute atomic E-state index is 0. The van der Waals surface area contributed by atoms with Crippen molar-refractivity contribution < 1.29 is 9.59 Å². The molecule has 1 saturated heterocycles. The average Bonchev–Trinajstić information content (AvgIpc) is 3.25. The molecule has 0 unspecified atom stereocenters. The Morgan fingerprint density at radius 2 is 1.63 bits per heavy atom. The van der Waals surface area contributed by atoms with Crippen molar-refractivity contribution in [2.24, 2.45) is 0 Å². The van der Waals surface area contributed by atoms with E-state index in [9.17, 15) is 9.59 Å². The Bertz CT molecular complexity index is 961. The number of carbonyl (C=O) groups excluding carboxylic acids is 2. The number of benzene rings is 1. The summed E-state index contributed by atoms with van der Waals surface area (Å²) in [7, 11) is 0. The van der Waals surface area contributed by atoms with Crippen molar-refractivity contribution in [3.63, 3.8) is 0 Å². The molecule has 2 aromatic heterocycles. The van der Waals surface area contributed by atoms with Crippen molar-refractivity contribution in [3.05, 3.63) is 51.7 Å². The van der Waals surface area contributed by atoms with Crippen LogP contribution in [0.3, 0.4) is 0 Å². The fourth-order valence-electron chi connectivity index (χ4n) is 3.18. The smallest absolute Gasteiger partial charge is 0.264 e. The molecule has 0 spiro atoms. The van der Waals surface area contributed by atoms with Crippen molar-refractivity contribution in [1.29, 1.82) is 0 Å². The number of carbonyl (C=O) groups is 2. The second-order valence-corrected chi connectivity index (χ2v) is 8.45. The maximum Gasteiger partial charge on any atom is 0.264 e. The molecule has 0 atom stereocenters. The Hall–Kier alpha value is -2.09. The van der Waals surface area contributed by atoms with E-state index in [1.165, 1.54) is 11.3 Å². The van der Waals surface area contributed by atoms with Crippen LogP contribution >= 0.6 is 35.1 Å². The van der Waals surface area contributed by atoms with Crippen LogP contribution < -0.4 is 5.73 Å². The third kappa shape index (κ3) is 3.81. The molecule has 0 radical (unpaired) electrons. The van der Waals surface area contributed by atoms with Crippen LogP contribution in [0, 0.1) is 6.92 Å². The van der Waals surface area contributed by atoms with Gasteiger partial charge in [0.05, 0.1) is 4.88 Å². The van der Waals surface area contributed by atoms with Crippen molar-refractivity contribution in [2.75, 3.05) is 31.9 Å². The summed E-state index contributed by atoms with van der Waals surface area (Å²) in [5.41, 5.74) is 7.97. The molecule has 0 aliphatic carbocycles. The number of hydrogen-bond acceptors (Lipinski definition) is 5. The highest BCUT2D eigenvalue weighted by Crippen LogP contribution is 2.31. The molecule has 2 amide bonds. The number of aryl methyl sites for hydroxylation is 1. The summed E-state index contributed by atoms with van der Waals surface area (Å²) in [6.07, 6.45) is 0. The van der Waals surface area contributed by atoms with E-state index < -0.39 is 0 Å². The van der Waals surface area contributed by atoms with Crippen LogP contribution in [-0.2, 0) is 0 Å². The van der Waals surface area contributed by atoms with Crippen molar-refractivity contribution in [1.82, 2.24) is 9.80 Å². The fourth-order valence-corrected chi connectivity index (χ4v) is 5.26. The third-order valence-electron chi connectivity index (χ3n) is 4.70. The van der Waals surface area contributed by atoms with Gasteiger partial charge >= 0.3 is 0 Å². The van der Waals surface area contributed by atoms with Gasteiger partial charge in [0.15, 0.2) is 0 Å². The zero-order chi connectivity index (χ0) is 18.3. The van der Waals surface area contributed by atoms with Gasteiger partial charge in [-0.1, -0.05) is 6.07 Å². The largest absolute Gasteiger partial charge is 0.399 e. The Morgan fingerprint density at radius 3 is 2.30 bits per heavy atom. The van der Waals surface area contributed by atoms with Crippen LogP contribution in [0.15, 0.2) is 35.7 Å². The highest BCUT2D eigenvalue weighted by Gasteiger charge is 2.27. The van der Waals surface area contributed by atoms with E-state index in [-0.39, 0.29) is 24.2 Å². The first-order valence-electron chi connectivity index (χ1n) is 8.44. The molecule has 3 aromatic rings. The Balaban J connectivity index is 0.00000210. The first kappa shape index (κ1) is 19.7. The number of nitrogen functional groups attached to an aromatic ring is 1. The number of hydrogen-bond donors (Lipinski definition) is 1. The zero-order valence-electron chi connectivity index (χ0n) is 14.8. The number of amides is 2. The summed E-state index contributed by atoms with van der Waals surface area (Å²) in [5.74, 6) is 0.0455. The van der Waals surface area contributed by atoms with Crippen molar-refractivity contribution in [2.45, 2.75) is 6.92 Å². The van der Waals surface area contributed by atoms with Crippen LogP contribution in [0.1, 0.15) is 25.6 Å². The molecular formula is C19H20ClN3O2S2. The molecule has 0 saturated carbocycles. The van der Waals surface area contributed by atoms with E-state index in [4.69, 9.17) is 5.73 Å². The lowest BCUT2D eigenvalue weighted by atomic mass is 10.1. The second kappa shape index (κ2) is 7.88. The summed E-state index contributed by atoms with van der Waals surface area (Å²) in [5, 5.41) is 2.04. The number of fused-ring (bicyclic) bond motifs is 1. The molecular weight excluding hydrogens is 402 g/mol. The molecule has 1 aliphatic rings. The summed E-state index contributed by atoms with van der Waals surface area (Å²) in [6.45, 7) is 4.10. The summed E-state index contributed by atoms with van der Waals surface area (Å²) >= 11 is 3.19. The number of anilines is 1. The number of nitrogens with two attached hydrogens (primary N) is 1. The first-order valence-corrected chi connectivity index (χ1v) is 10.1. The van der Waals surface area contributed by atoms with E-state index in [1.54, 1.807) is 28.4 Å². The molecule has 1 fully saturated rings. The van der Waals surface area contributed by atoms with E-state index in [2.05, 4.69) is 0 Å². The lowest BCUT2D eigenvalue weighted by Crippen LogP contribution is -2.50. The predicted molar refractivity (Wildman–Crippen MR) is 114 cm³/mol. The van der Waals surface area contributed by atoms with Gasteiger partial charge in [0.1, 0.15) is 0 Å². The van der Waals surface area contributed by atoms with Gasteiger partial charge in [-0.3, -0.25) is 9.59 Å². The molecule has 8 heteroatoms. The van der Waals surface area contributed by atoms with Gasteiger partial charge in [-0.25, -0.2) is 0 Å². The lowest BCUT2D eigenvalue weighted by molar-refractivity contribution is 0.0537. The van der Waals surface area contributed by atoms with Gasteiger partial charge in [0.25, 0.3) is 11.8 Å². The maximum atomic E-state index is 12.8. The van der Waals surface area contributed by atoms with Crippen LogP contribution in [0.5, 0.6) is 0 Å². The third-order valence-corrected chi connectivity index (χ3v) is 6.78. The van der Waals surface area contributed by atoms with Gasteiger partial charge in [-0.05, 0) is 42.1 Å². The fraction of sp³-hybridized carbons (Fsp3) is 0.263. The Labute approximate surface area is 171 Å². The standard InChI is InChI=1S/C19H19N3O2S2.ClH/c1-12-2-3-13(20)10-14(12)18(23)21-5-7-22(8-6-21)19(24)17-11-16-15(26-17)4-9-25-16;/h2-4,9-11H,5-8,20H2,1H3;1H. The van der Waals surface area contributed by atoms with Crippen LogP contribution in [-0.4, -0.2) is 47.8 Å². The summed E-state index contributed by atoms with van der Waals surface area (Å²) < 4.78 is 2.31. The molecule has 4 rings (SSSR count). The maximum absolute atomic E-state index is 12.8. The zero-order valence-corrected chi connectivity index (χ0v) is 17.3. The number of nitrogens with zero attached hydrogens (tertiary/aromatic N) is 2. The normalized spacial score (nSPS) is 14.3. The van der Waals surface area contributed by atoms with E-state index >= 15 is 0 Å². The van der Waals surface area contributed by atoms with Crippen molar-refractivity contribution in [3.8, 4) is 0 Å². The molecule has 1 aromatic carbocycles. The number of halogens is 1. The quantitative estimate of drug-likeness (QED) is 0.638. The van der Waals surface area contributed by atoms with E-state index in [0.717, 1.165) is 19.8 Å². The van der Waals surface area contributed by atoms with Gasteiger partial charge < -0.3 is 15.5 Å². The molecule has 0 bridgehead atoms. The number of piperazine rings is 1. The monoisotopic (exact) mass is 421 g/mol. The van der Waals surface area contributed by atoms with Gasteiger partial charge in [0, 0.05) is 46.8 Å². The minimum Gasteiger partial charge on any atom is -0.399 e. The highest BCUT2D eigenvalue weighted by atomic mass is 35.5. The Morgan fingerprint density at radius 1 is 0.963 bits per heavy atom. The predicted octanol–water partition coefficient (Wildman–Crippen LogP) is 3.87. The lowest BCUT2D eigenvalue weighted by Gasteiger charge is -2.34. The SMILES string of the molecule is Cc1ccc(N)cc1C(=O)N1CCN(C(=O)c2cc3sccc3s2)CC1.Cl. The van der Waals surface area contributed by atoms with Gasteiger partial charge in [-0.15, -0.1) is 35.1 Å². The molecule has 2 N–H and O–H groups in total. The van der Waals surface area contributed by atoms with Gasteiger partial charge in [0.2, 0.25) is 0 Å². The summed E-state index contributed by atoms with van der Waals surface area (Å²) in [4.78, 5) is 29.9. The minimum atomic E-state index is -0.0152. The average molecular weight is 422 g/mol. The summed E-state index contributed by atoms with van der Waals surface area (Å²) in [6, 6.07) is 9.42. The molecule has 142 valence electrons. The molecule has 3 heterocycles. The highest BCUT2D eigenvalue weighted by molar-refractivity contribution is 7.27. The van der Waals surface area contributed by atoms with Crippen LogP contribution in [0.2, 0.25) is 0 Å². The number of rotatable bonds is 2. The van der Waals surface area contributed by atoms with E-state index in [0.29, 0.717) is 37.4 Å². The second-order valence-electron chi connectivity index (χ2n) is 6.42. The molecule has 1 aliphatic heterocycles.